The average molecular weight is 429 g/mol. The molecule has 0 bridgehead atoms. The number of carbonyl (C=O) groups is 1. The van der Waals surface area contributed by atoms with Gasteiger partial charge in [-0.25, -0.2) is 8.42 Å². The van der Waals surface area contributed by atoms with Gasteiger partial charge in [-0.15, -0.1) is 11.3 Å². The topological polar surface area (TPSA) is 76.1 Å². The SMILES string of the molecule is CC1CCCC(S(=O)(=O)c2ccc(CNC(=O)c3cc4ccncc4s3)cc2)C1. The molecule has 1 aliphatic carbocycles. The van der Waals surface area contributed by atoms with Crippen LogP contribution in [0.4, 0.5) is 0 Å². The Bertz CT molecular complexity index is 1090. The highest BCUT2D eigenvalue weighted by atomic mass is 32.2. The predicted molar refractivity (Wildman–Crippen MR) is 116 cm³/mol. The minimum atomic E-state index is -3.29. The van der Waals surface area contributed by atoms with Gasteiger partial charge in [-0.05, 0) is 54.0 Å². The smallest absolute Gasteiger partial charge is 0.261 e. The number of hydrogen-bond acceptors (Lipinski definition) is 5. The second-order valence-electron chi connectivity index (χ2n) is 7.79. The van der Waals surface area contributed by atoms with Gasteiger partial charge in [0.05, 0.1) is 19.7 Å². The number of aromatic nitrogens is 1. The Hall–Kier alpha value is -2.25. The van der Waals surface area contributed by atoms with Gasteiger partial charge in [0, 0.05) is 18.9 Å². The Labute approximate surface area is 175 Å². The maximum Gasteiger partial charge on any atom is 0.261 e. The van der Waals surface area contributed by atoms with Crippen LogP contribution in [0, 0.1) is 5.92 Å². The molecule has 1 N–H and O–H groups in total. The van der Waals surface area contributed by atoms with Crippen molar-refractivity contribution in [2.24, 2.45) is 5.92 Å². The zero-order chi connectivity index (χ0) is 20.4. The molecule has 2 aromatic heterocycles. The monoisotopic (exact) mass is 428 g/mol. The van der Waals surface area contributed by atoms with E-state index in [1.165, 1.54) is 11.3 Å². The predicted octanol–water partition coefficient (Wildman–Crippen LogP) is 4.58. The quantitative estimate of drug-likeness (QED) is 0.645. The van der Waals surface area contributed by atoms with Crippen molar-refractivity contribution in [3.05, 3.63) is 59.2 Å². The van der Waals surface area contributed by atoms with Gasteiger partial charge in [0.1, 0.15) is 0 Å². The third kappa shape index (κ3) is 4.36. The normalized spacial score (nSPS) is 19.9. The highest BCUT2D eigenvalue weighted by Gasteiger charge is 2.31. The fraction of sp³-hybridized carbons (Fsp3) is 0.364. The molecule has 1 amide bonds. The van der Waals surface area contributed by atoms with Crippen molar-refractivity contribution in [2.75, 3.05) is 0 Å². The number of benzene rings is 1. The number of nitrogens with zero attached hydrogens (tertiary/aromatic N) is 1. The van der Waals surface area contributed by atoms with Crippen LogP contribution in [0.2, 0.25) is 0 Å². The molecule has 2 heterocycles. The molecule has 29 heavy (non-hydrogen) atoms. The summed E-state index contributed by atoms with van der Waals surface area (Å²) in [5.41, 5.74) is 0.872. The standard InChI is InChI=1S/C22H24N2O3S2/c1-15-3-2-4-19(11-15)29(26,27)18-7-5-16(6-8-18)13-24-22(25)20-12-17-9-10-23-14-21(17)28-20/h5-10,12,14-15,19H,2-4,11,13H2,1H3,(H,24,25). The van der Waals surface area contributed by atoms with E-state index in [4.69, 9.17) is 0 Å². The number of fused-ring (bicyclic) bond motifs is 1. The number of hydrogen-bond donors (Lipinski definition) is 1. The third-order valence-electron chi connectivity index (χ3n) is 5.58. The van der Waals surface area contributed by atoms with E-state index in [-0.39, 0.29) is 11.2 Å². The summed E-state index contributed by atoms with van der Waals surface area (Å²) in [6.07, 6.45) is 7.03. The maximum atomic E-state index is 12.9. The van der Waals surface area contributed by atoms with Crippen molar-refractivity contribution >= 4 is 37.2 Å². The summed E-state index contributed by atoms with van der Waals surface area (Å²) in [5, 5.41) is 3.63. The number of nitrogens with one attached hydrogen (secondary N) is 1. The van der Waals surface area contributed by atoms with Crippen molar-refractivity contribution in [3.8, 4) is 0 Å². The molecule has 0 spiro atoms. The van der Waals surface area contributed by atoms with Crippen molar-refractivity contribution in [2.45, 2.75) is 49.3 Å². The van der Waals surface area contributed by atoms with E-state index < -0.39 is 9.84 Å². The second-order valence-corrected chi connectivity index (χ2v) is 11.1. The van der Waals surface area contributed by atoms with E-state index in [2.05, 4.69) is 17.2 Å². The van der Waals surface area contributed by atoms with Gasteiger partial charge in [-0.1, -0.05) is 31.9 Å². The Morgan fingerprint density at radius 1 is 1.21 bits per heavy atom. The second kappa shape index (κ2) is 8.24. The van der Waals surface area contributed by atoms with Crippen LogP contribution in [0.15, 0.2) is 53.7 Å². The summed E-state index contributed by atoms with van der Waals surface area (Å²) in [7, 11) is -3.29. The summed E-state index contributed by atoms with van der Waals surface area (Å²) in [6, 6.07) is 10.7. The molecule has 1 fully saturated rings. The lowest BCUT2D eigenvalue weighted by Gasteiger charge is -2.26. The molecule has 1 aromatic carbocycles. The fourth-order valence-corrected chi connectivity index (χ4v) is 6.82. The molecule has 7 heteroatoms. The number of pyridine rings is 1. The third-order valence-corrected chi connectivity index (χ3v) is 8.90. The molecule has 0 aliphatic heterocycles. The summed E-state index contributed by atoms with van der Waals surface area (Å²) in [6.45, 7) is 2.48. The molecule has 5 nitrogen and oxygen atoms in total. The molecule has 152 valence electrons. The van der Waals surface area contributed by atoms with E-state index in [0.717, 1.165) is 41.3 Å². The largest absolute Gasteiger partial charge is 0.347 e. The molecule has 3 aromatic rings. The average Bonchev–Trinajstić information content (AvgIpc) is 3.17. The molecule has 2 atom stereocenters. The minimum Gasteiger partial charge on any atom is -0.347 e. The molecule has 0 radical (unpaired) electrons. The van der Waals surface area contributed by atoms with Crippen LogP contribution in [0.25, 0.3) is 10.1 Å². The van der Waals surface area contributed by atoms with Gasteiger partial charge in [0.25, 0.3) is 5.91 Å². The van der Waals surface area contributed by atoms with Crippen molar-refractivity contribution in [1.82, 2.24) is 10.3 Å². The number of amides is 1. The van der Waals surface area contributed by atoms with Gasteiger partial charge < -0.3 is 5.32 Å². The summed E-state index contributed by atoms with van der Waals surface area (Å²) < 4.78 is 26.8. The van der Waals surface area contributed by atoms with E-state index in [1.807, 2.05) is 12.1 Å². The van der Waals surface area contributed by atoms with Crippen molar-refractivity contribution < 1.29 is 13.2 Å². The minimum absolute atomic E-state index is 0.140. The van der Waals surface area contributed by atoms with Gasteiger partial charge in [-0.2, -0.15) is 0 Å². The van der Waals surface area contributed by atoms with Crippen LogP contribution >= 0.6 is 11.3 Å². The Balaban J connectivity index is 1.41. The maximum absolute atomic E-state index is 12.9. The molecular formula is C22H24N2O3S2. The number of carbonyl (C=O) groups excluding carboxylic acids is 1. The first-order valence-corrected chi connectivity index (χ1v) is 12.2. The highest BCUT2D eigenvalue weighted by Crippen LogP contribution is 2.32. The Kier molecular flexibility index (Phi) is 5.69. The van der Waals surface area contributed by atoms with E-state index in [0.29, 0.717) is 22.2 Å². The summed E-state index contributed by atoms with van der Waals surface area (Å²) >= 11 is 1.41. The molecule has 0 saturated heterocycles. The van der Waals surface area contributed by atoms with Crippen LogP contribution in [0.3, 0.4) is 0 Å². The number of rotatable bonds is 5. The highest BCUT2D eigenvalue weighted by molar-refractivity contribution is 7.92. The zero-order valence-corrected chi connectivity index (χ0v) is 17.9. The number of thiophene rings is 1. The molecule has 1 saturated carbocycles. The van der Waals surface area contributed by atoms with Gasteiger partial charge in [-0.3, -0.25) is 9.78 Å². The van der Waals surface area contributed by atoms with Gasteiger partial charge in [0.2, 0.25) is 0 Å². The first-order chi connectivity index (χ1) is 13.9. The molecule has 2 unspecified atom stereocenters. The molecule has 1 aliphatic rings. The fourth-order valence-electron chi connectivity index (χ4n) is 3.92. The van der Waals surface area contributed by atoms with Crippen molar-refractivity contribution in [1.29, 1.82) is 0 Å². The lowest BCUT2D eigenvalue weighted by molar-refractivity contribution is 0.0955. The summed E-state index contributed by atoms with van der Waals surface area (Å²) in [5.74, 6) is 0.321. The number of sulfone groups is 1. The van der Waals surface area contributed by atoms with E-state index in [1.54, 1.807) is 36.7 Å². The first kappa shape index (κ1) is 20.0. The van der Waals surface area contributed by atoms with Crippen LogP contribution in [-0.2, 0) is 16.4 Å². The van der Waals surface area contributed by atoms with Gasteiger partial charge in [0.15, 0.2) is 9.84 Å². The van der Waals surface area contributed by atoms with Crippen LogP contribution in [0.5, 0.6) is 0 Å². The van der Waals surface area contributed by atoms with Crippen LogP contribution < -0.4 is 5.32 Å². The van der Waals surface area contributed by atoms with Gasteiger partial charge >= 0.3 is 0 Å². The summed E-state index contributed by atoms with van der Waals surface area (Å²) in [4.78, 5) is 17.5. The zero-order valence-electron chi connectivity index (χ0n) is 16.3. The van der Waals surface area contributed by atoms with Crippen LogP contribution in [-0.4, -0.2) is 24.6 Å². The molecular weight excluding hydrogens is 404 g/mol. The first-order valence-electron chi connectivity index (χ1n) is 9.88. The lowest BCUT2D eigenvalue weighted by atomic mass is 9.91. The van der Waals surface area contributed by atoms with E-state index >= 15 is 0 Å². The lowest BCUT2D eigenvalue weighted by Crippen LogP contribution is -2.27. The Morgan fingerprint density at radius 2 is 2.00 bits per heavy atom. The molecule has 4 rings (SSSR count). The Morgan fingerprint density at radius 3 is 2.72 bits per heavy atom. The van der Waals surface area contributed by atoms with Crippen molar-refractivity contribution in [3.63, 3.8) is 0 Å². The van der Waals surface area contributed by atoms with E-state index in [9.17, 15) is 13.2 Å². The van der Waals surface area contributed by atoms with Crippen LogP contribution in [0.1, 0.15) is 47.8 Å².